The minimum atomic E-state index is -0.883. The minimum absolute atomic E-state index is 0.00951. The Balaban J connectivity index is 2.39. The molecule has 0 spiro atoms. The number of aryl methyl sites for hydroxylation is 1. The van der Waals surface area contributed by atoms with Crippen LogP contribution < -0.4 is 0 Å². The maximum Gasteiger partial charge on any atom is 0.305 e. The SMILES string of the molecule is CCN(CCC(=O)O)C(=O)CCc1ccc(Cl)s1. The van der Waals surface area contributed by atoms with E-state index in [1.165, 1.54) is 11.3 Å². The van der Waals surface area contributed by atoms with Crippen LogP contribution >= 0.6 is 22.9 Å². The van der Waals surface area contributed by atoms with Crippen LogP contribution in [0.1, 0.15) is 24.6 Å². The van der Waals surface area contributed by atoms with Gasteiger partial charge in [0, 0.05) is 24.4 Å². The zero-order chi connectivity index (χ0) is 13.5. The number of carboxylic acids is 1. The number of hydrogen-bond acceptors (Lipinski definition) is 3. The first-order chi connectivity index (χ1) is 8.52. The second kappa shape index (κ2) is 7.38. The summed E-state index contributed by atoms with van der Waals surface area (Å²) in [6.07, 6.45) is 1.04. The Bertz CT molecular complexity index is 419. The quantitative estimate of drug-likeness (QED) is 0.839. The highest BCUT2D eigenvalue weighted by atomic mass is 35.5. The van der Waals surface area contributed by atoms with Gasteiger partial charge in [-0.2, -0.15) is 0 Å². The van der Waals surface area contributed by atoms with E-state index in [0.717, 1.165) is 9.21 Å². The highest BCUT2D eigenvalue weighted by Crippen LogP contribution is 2.22. The van der Waals surface area contributed by atoms with E-state index in [-0.39, 0.29) is 18.9 Å². The van der Waals surface area contributed by atoms with Crippen molar-refractivity contribution < 1.29 is 14.7 Å². The summed E-state index contributed by atoms with van der Waals surface area (Å²) in [7, 11) is 0. The van der Waals surface area contributed by atoms with Crippen molar-refractivity contribution in [3.63, 3.8) is 0 Å². The molecule has 1 rings (SSSR count). The summed E-state index contributed by atoms with van der Waals surface area (Å²) in [4.78, 5) is 25.0. The zero-order valence-corrected chi connectivity index (χ0v) is 11.8. The Morgan fingerprint density at radius 1 is 1.39 bits per heavy atom. The van der Waals surface area contributed by atoms with Gasteiger partial charge >= 0.3 is 5.97 Å². The van der Waals surface area contributed by atoms with Gasteiger partial charge in [-0.15, -0.1) is 11.3 Å². The van der Waals surface area contributed by atoms with Gasteiger partial charge in [0.15, 0.2) is 0 Å². The second-order valence-corrected chi connectivity index (χ2v) is 5.62. The normalized spacial score (nSPS) is 10.3. The van der Waals surface area contributed by atoms with Crippen LogP contribution in [0.2, 0.25) is 4.34 Å². The molecule has 1 aromatic rings. The molecular formula is C12H16ClNO3S. The van der Waals surface area contributed by atoms with Crippen molar-refractivity contribution in [2.75, 3.05) is 13.1 Å². The van der Waals surface area contributed by atoms with Crippen molar-refractivity contribution in [3.05, 3.63) is 21.3 Å². The highest BCUT2D eigenvalue weighted by molar-refractivity contribution is 7.16. The Morgan fingerprint density at radius 3 is 2.61 bits per heavy atom. The molecule has 0 radical (unpaired) electrons. The lowest BCUT2D eigenvalue weighted by molar-refractivity contribution is -0.138. The lowest BCUT2D eigenvalue weighted by Crippen LogP contribution is -2.32. The lowest BCUT2D eigenvalue weighted by Gasteiger charge is -2.19. The molecule has 6 heteroatoms. The summed E-state index contributed by atoms with van der Waals surface area (Å²) < 4.78 is 0.718. The molecule has 4 nitrogen and oxygen atoms in total. The molecule has 1 aromatic heterocycles. The average molecular weight is 290 g/mol. The Labute approximate surface area is 115 Å². The fourth-order valence-corrected chi connectivity index (χ4v) is 2.65. The number of nitrogens with zero attached hydrogens (tertiary/aromatic N) is 1. The first-order valence-corrected chi connectivity index (χ1v) is 6.96. The summed E-state index contributed by atoms with van der Waals surface area (Å²) >= 11 is 7.28. The standard InChI is InChI=1S/C12H16ClNO3S/c1-2-14(8-7-12(16)17)11(15)6-4-9-3-5-10(13)18-9/h3,5H,2,4,6-8H2,1H3,(H,16,17). The highest BCUT2D eigenvalue weighted by Gasteiger charge is 2.13. The molecule has 18 heavy (non-hydrogen) atoms. The molecule has 0 aliphatic carbocycles. The molecule has 1 amide bonds. The van der Waals surface area contributed by atoms with E-state index in [4.69, 9.17) is 16.7 Å². The number of rotatable bonds is 7. The predicted octanol–water partition coefficient (Wildman–Crippen LogP) is 2.66. The van der Waals surface area contributed by atoms with Crippen LogP contribution in [0.5, 0.6) is 0 Å². The molecule has 0 aliphatic heterocycles. The van der Waals surface area contributed by atoms with Gasteiger partial charge < -0.3 is 10.0 Å². The molecule has 0 aromatic carbocycles. The molecule has 0 saturated carbocycles. The topological polar surface area (TPSA) is 57.6 Å². The third kappa shape index (κ3) is 5.06. The summed E-state index contributed by atoms with van der Waals surface area (Å²) in [5.74, 6) is -0.894. The Morgan fingerprint density at radius 2 is 2.11 bits per heavy atom. The third-order valence-electron chi connectivity index (χ3n) is 2.54. The van der Waals surface area contributed by atoms with Crippen molar-refractivity contribution in [1.29, 1.82) is 0 Å². The number of carbonyl (C=O) groups excluding carboxylic acids is 1. The van der Waals surface area contributed by atoms with Crippen LogP contribution in [0.4, 0.5) is 0 Å². The van der Waals surface area contributed by atoms with Gasteiger partial charge in [-0.3, -0.25) is 9.59 Å². The van der Waals surface area contributed by atoms with E-state index in [1.807, 2.05) is 19.1 Å². The lowest BCUT2D eigenvalue weighted by atomic mass is 10.2. The number of amides is 1. The molecule has 1 N–H and O–H groups in total. The summed E-state index contributed by atoms with van der Waals surface area (Å²) in [5, 5.41) is 8.60. The number of hydrogen-bond donors (Lipinski definition) is 1. The van der Waals surface area contributed by atoms with Gasteiger partial charge in [0.05, 0.1) is 10.8 Å². The monoisotopic (exact) mass is 289 g/mol. The summed E-state index contributed by atoms with van der Waals surface area (Å²) in [6, 6.07) is 3.72. The van der Waals surface area contributed by atoms with E-state index in [2.05, 4.69) is 0 Å². The Hall–Kier alpha value is -1.07. The number of thiophene rings is 1. The van der Waals surface area contributed by atoms with Crippen LogP contribution in [0, 0.1) is 0 Å². The maximum absolute atomic E-state index is 11.9. The largest absolute Gasteiger partial charge is 0.481 e. The summed E-state index contributed by atoms with van der Waals surface area (Å²) in [5.41, 5.74) is 0. The van der Waals surface area contributed by atoms with E-state index >= 15 is 0 Å². The Kier molecular flexibility index (Phi) is 6.15. The third-order valence-corrected chi connectivity index (χ3v) is 3.84. The van der Waals surface area contributed by atoms with E-state index in [9.17, 15) is 9.59 Å². The molecule has 0 aliphatic rings. The molecular weight excluding hydrogens is 274 g/mol. The minimum Gasteiger partial charge on any atom is -0.481 e. The number of carboxylic acid groups (broad SMARTS) is 1. The molecule has 0 bridgehead atoms. The van der Waals surface area contributed by atoms with E-state index < -0.39 is 5.97 Å². The number of halogens is 1. The fourth-order valence-electron chi connectivity index (χ4n) is 1.56. The molecule has 0 unspecified atom stereocenters. The number of carbonyl (C=O) groups is 2. The van der Waals surface area contributed by atoms with E-state index in [1.54, 1.807) is 4.90 Å². The zero-order valence-electron chi connectivity index (χ0n) is 10.2. The van der Waals surface area contributed by atoms with Gasteiger partial charge in [-0.25, -0.2) is 0 Å². The van der Waals surface area contributed by atoms with Crippen LogP contribution in [-0.2, 0) is 16.0 Å². The van der Waals surface area contributed by atoms with E-state index in [0.29, 0.717) is 19.4 Å². The van der Waals surface area contributed by atoms with Crippen LogP contribution in [0.3, 0.4) is 0 Å². The van der Waals surface area contributed by atoms with Crippen LogP contribution in [0.25, 0.3) is 0 Å². The molecule has 100 valence electrons. The number of aliphatic carboxylic acids is 1. The van der Waals surface area contributed by atoms with Crippen molar-refractivity contribution in [2.45, 2.75) is 26.2 Å². The molecule has 1 heterocycles. The van der Waals surface area contributed by atoms with Crippen molar-refractivity contribution in [1.82, 2.24) is 4.90 Å². The van der Waals surface area contributed by atoms with Crippen LogP contribution in [0.15, 0.2) is 12.1 Å². The average Bonchev–Trinajstić information content (AvgIpc) is 2.73. The van der Waals surface area contributed by atoms with Crippen molar-refractivity contribution in [3.8, 4) is 0 Å². The van der Waals surface area contributed by atoms with Crippen molar-refractivity contribution in [2.24, 2.45) is 0 Å². The smallest absolute Gasteiger partial charge is 0.305 e. The maximum atomic E-state index is 11.9. The van der Waals surface area contributed by atoms with Crippen molar-refractivity contribution >= 4 is 34.8 Å². The molecule has 0 fully saturated rings. The summed E-state index contributed by atoms with van der Waals surface area (Å²) in [6.45, 7) is 2.66. The molecule has 0 atom stereocenters. The van der Waals surface area contributed by atoms with Crippen LogP contribution in [-0.4, -0.2) is 35.0 Å². The van der Waals surface area contributed by atoms with Gasteiger partial charge in [0.25, 0.3) is 0 Å². The van der Waals surface area contributed by atoms with Gasteiger partial charge in [0.2, 0.25) is 5.91 Å². The predicted molar refractivity (Wildman–Crippen MR) is 72.2 cm³/mol. The fraction of sp³-hybridized carbons (Fsp3) is 0.500. The molecule has 0 saturated heterocycles. The van der Waals surface area contributed by atoms with Gasteiger partial charge in [0.1, 0.15) is 0 Å². The van der Waals surface area contributed by atoms with Gasteiger partial charge in [-0.1, -0.05) is 11.6 Å². The first kappa shape index (κ1) is 15.0. The first-order valence-electron chi connectivity index (χ1n) is 5.76. The van der Waals surface area contributed by atoms with Gasteiger partial charge in [-0.05, 0) is 25.5 Å². The second-order valence-electron chi connectivity index (χ2n) is 3.82.